The van der Waals surface area contributed by atoms with Crippen LogP contribution in [0.5, 0.6) is 0 Å². The average molecular weight is 338 g/mol. The van der Waals surface area contributed by atoms with Gasteiger partial charge in [-0.1, -0.05) is 28.1 Å². The Morgan fingerprint density at radius 3 is 2.26 bits per heavy atom. The molecule has 0 bridgehead atoms. The van der Waals surface area contributed by atoms with Gasteiger partial charge in [0, 0.05) is 23.0 Å². The minimum Gasteiger partial charge on any atom is -0.308 e. The van der Waals surface area contributed by atoms with Crippen molar-refractivity contribution in [1.82, 2.24) is 5.32 Å². The Labute approximate surface area is 120 Å². The monoisotopic (exact) mass is 337 g/mol. The normalized spacial score (nSPS) is 15.3. The third-order valence-electron chi connectivity index (χ3n) is 3.00. The summed E-state index contributed by atoms with van der Waals surface area (Å²) in [5.74, 6) is 0. The lowest BCUT2D eigenvalue weighted by Crippen LogP contribution is -2.29. The van der Waals surface area contributed by atoms with Crippen LogP contribution in [0.1, 0.15) is 44.7 Å². The van der Waals surface area contributed by atoms with Crippen LogP contribution in [0, 0.1) is 0 Å². The van der Waals surface area contributed by atoms with Gasteiger partial charge in [0.05, 0.1) is 0 Å². The highest BCUT2D eigenvalue weighted by Crippen LogP contribution is 2.23. The van der Waals surface area contributed by atoms with E-state index in [9.17, 15) is 13.2 Å². The number of halogens is 4. The number of nitrogens with one attached hydrogen (secondary N) is 1. The summed E-state index contributed by atoms with van der Waals surface area (Å²) in [7, 11) is 0. The van der Waals surface area contributed by atoms with Crippen LogP contribution in [0.4, 0.5) is 13.2 Å². The largest absolute Gasteiger partial charge is 0.389 e. The zero-order valence-corrected chi connectivity index (χ0v) is 12.7. The van der Waals surface area contributed by atoms with E-state index >= 15 is 0 Å². The van der Waals surface area contributed by atoms with Crippen LogP contribution in [0.25, 0.3) is 0 Å². The maximum absolute atomic E-state index is 12.0. The fraction of sp³-hybridized carbons (Fsp3) is 0.571. The Morgan fingerprint density at radius 1 is 1.16 bits per heavy atom. The van der Waals surface area contributed by atoms with Gasteiger partial charge in [0.25, 0.3) is 0 Å². The molecule has 1 nitrogen and oxygen atoms in total. The molecule has 5 heteroatoms. The molecule has 0 heterocycles. The van der Waals surface area contributed by atoms with Crippen molar-refractivity contribution in [1.29, 1.82) is 0 Å². The summed E-state index contributed by atoms with van der Waals surface area (Å²) in [6.45, 7) is 3.94. The van der Waals surface area contributed by atoms with Crippen LogP contribution in [-0.2, 0) is 0 Å². The molecule has 0 saturated heterocycles. The summed E-state index contributed by atoms with van der Waals surface area (Å²) < 4.78 is 37.2. The standard InChI is InChI=1S/C14H19BrF3N/c1-10(4-3-9-14(16,17)18)19-11(2)12-5-7-13(15)8-6-12/h5-8,10-11,19H,3-4,9H2,1-2H3. The second kappa shape index (κ2) is 7.29. The van der Waals surface area contributed by atoms with Crippen molar-refractivity contribution >= 4 is 15.9 Å². The predicted octanol–water partition coefficient (Wildman–Crippen LogP) is 5.22. The first-order chi connectivity index (χ1) is 8.78. The quantitative estimate of drug-likeness (QED) is 0.750. The lowest BCUT2D eigenvalue weighted by molar-refractivity contribution is -0.135. The molecule has 1 N–H and O–H groups in total. The summed E-state index contributed by atoms with van der Waals surface area (Å²) in [6, 6.07) is 8.13. The molecule has 1 aromatic rings. The second-order valence-corrected chi connectivity index (χ2v) is 5.76. The minimum absolute atomic E-state index is 0.0704. The zero-order valence-electron chi connectivity index (χ0n) is 11.1. The predicted molar refractivity (Wildman–Crippen MR) is 75.1 cm³/mol. The van der Waals surface area contributed by atoms with Crippen molar-refractivity contribution in [3.63, 3.8) is 0 Å². The number of hydrogen-bond donors (Lipinski definition) is 1. The van der Waals surface area contributed by atoms with E-state index in [0.717, 1.165) is 10.0 Å². The SMILES string of the molecule is CC(CCCC(F)(F)F)NC(C)c1ccc(Br)cc1. The van der Waals surface area contributed by atoms with Crippen molar-refractivity contribution in [2.45, 2.75) is 51.4 Å². The molecule has 0 aliphatic carbocycles. The van der Waals surface area contributed by atoms with Gasteiger partial charge >= 0.3 is 6.18 Å². The van der Waals surface area contributed by atoms with Crippen LogP contribution in [0.2, 0.25) is 0 Å². The minimum atomic E-state index is -4.04. The number of hydrogen-bond acceptors (Lipinski definition) is 1. The highest BCUT2D eigenvalue weighted by molar-refractivity contribution is 9.10. The molecule has 2 unspecified atom stereocenters. The van der Waals surface area contributed by atoms with Crippen LogP contribution in [0.15, 0.2) is 28.7 Å². The van der Waals surface area contributed by atoms with Gasteiger partial charge in [-0.15, -0.1) is 0 Å². The van der Waals surface area contributed by atoms with Gasteiger partial charge in [-0.25, -0.2) is 0 Å². The molecule has 0 radical (unpaired) electrons. The van der Waals surface area contributed by atoms with E-state index in [-0.39, 0.29) is 18.5 Å². The van der Waals surface area contributed by atoms with Gasteiger partial charge in [-0.2, -0.15) is 13.2 Å². The number of rotatable bonds is 6. The fourth-order valence-corrected chi connectivity index (χ4v) is 2.23. The van der Waals surface area contributed by atoms with E-state index in [1.807, 2.05) is 38.1 Å². The van der Waals surface area contributed by atoms with E-state index in [2.05, 4.69) is 21.2 Å². The third kappa shape index (κ3) is 6.97. The van der Waals surface area contributed by atoms with Gasteiger partial charge in [0.2, 0.25) is 0 Å². The fourth-order valence-electron chi connectivity index (χ4n) is 1.97. The first-order valence-corrected chi connectivity index (χ1v) is 7.15. The smallest absolute Gasteiger partial charge is 0.308 e. The van der Waals surface area contributed by atoms with Crippen LogP contribution in [0.3, 0.4) is 0 Å². The van der Waals surface area contributed by atoms with Crippen molar-refractivity contribution in [2.24, 2.45) is 0 Å². The Kier molecular flexibility index (Phi) is 6.33. The summed E-state index contributed by atoms with van der Waals surface area (Å²) in [6.07, 6.45) is -4.05. The van der Waals surface area contributed by atoms with Gasteiger partial charge in [-0.3, -0.25) is 0 Å². The van der Waals surface area contributed by atoms with Crippen molar-refractivity contribution < 1.29 is 13.2 Å². The Balaban J connectivity index is 2.35. The second-order valence-electron chi connectivity index (χ2n) is 4.85. The van der Waals surface area contributed by atoms with E-state index in [4.69, 9.17) is 0 Å². The van der Waals surface area contributed by atoms with Gasteiger partial charge in [0.15, 0.2) is 0 Å². The van der Waals surface area contributed by atoms with Gasteiger partial charge < -0.3 is 5.32 Å². The van der Waals surface area contributed by atoms with Gasteiger partial charge in [0.1, 0.15) is 0 Å². The maximum atomic E-state index is 12.0. The summed E-state index contributed by atoms with van der Waals surface area (Å²) in [5, 5.41) is 3.32. The van der Waals surface area contributed by atoms with Crippen LogP contribution < -0.4 is 5.32 Å². The molecule has 19 heavy (non-hydrogen) atoms. The lowest BCUT2D eigenvalue weighted by Gasteiger charge is -2.20. The highest BCUT2D eigenvalue weighted by atomic mass is 79.9. The van der Waals surface area contributed by atoms with E-state index in [1.54, 1.807) is 0 Å². The maximum Gasteiger partial charge on any atom is 0.389 e. The molecule has 0 saturated carbocycles. The Bertz CT molecular complexity index is 375. The molecule has 1 aromatic carbocycles. The van der Waals surface area contributed by atoms with Crippen LogP contribution >= 0.6 is 15.9 Å². The van der Waals surface area contributed by atoms with E-state index in [1.165, 1.54) is 0 Å². The lowest BCUT2D eigenvalue weighted by atomic mass is 10.1. The topological polar surface area (TPSA) is 12.0 Å². The van der Waals surface area contributed by atoms with E-state index in [0.29, 0.717) is 6.42 Å². The molecule has 0 aliphatic rings. The molecule has 1 rings (SSSR count). The average Bonchev–Trinajstić information content (AvgIpc) is 2.27. The van der Waals surface area contributed by atoms with Crippen molar-refractivity contribution in [3.8, 4) is 0 Å². The highest BCUT2D eigenvalue weighted by Gasteiger charge is 2.26. The van der Waals surface area contributed by atoms with Gasteiger partial charge in [-0.05, 0) is 44.4 Å². The molecular formula is C14H19BrF3N. The first-order valence-electron chi connectivity index (χ1n) is 6.36. The summed E-state index contributed by atoms with van der Waals surface area (Å²) in [5.41, 5.74) is 1.13. The van der Waals surface area contributed by atoms with Crippen molar-refractivity contribution in [3.05, 3.63) is 34.3 Å². The summed E-state index contributed by atoms with van der Waals surface area (Å²) >= 11 is 3.37. The molecule has 108 valence electrons. The molecule has 2 atom stereocenters. The molecule has 0 fully saturated rings. The molecule has 0 aromatic heterocycles. The zero-order chi connectivity index (χ0) is 14.5. The Hall–Kier alpha value is -0.550. The van der Waals surface area contributed by atoms with Crippen molar-refractivity contribution in [2.75, 3.05) is 0 Å². The molecule has 0 amide bonds. The molecule has 0 aliphatic heterocycles. The number of benzene rings is 1. The summed E-state index contributed by atoms with van der Waals surface area (Å²) in [4.78, 5) is 0. The van der Waals surface area contributed by atoms with Crippen LogP contribution in [-0.4, -0.2) is 12.2 Å². The molecular weight excluding hydrogens is 319 g/mol. The molecule has 0 spiro atoms. The number of alkyl halides is 3. The van der Waals surface area contributed by atoms with E-state index < -0.39 is 12.6 Å². The Morgan fingerprint density at radius 2 is 1.74 bits per heavy atom. The first kappa shape index (κ1) is 16.5. The third-order valence-corrected chi connectivity index (χ3v) is 3.53.